The second-order valence-electron chi connectivity index (χ2n) is 4.61. The van der Waals surface area contributed by atoms with Gasteiger partial charge in [-0.1, -0.05) is 20.3 Å². The molecular formula is C11H20N4. The number of hydrogen-bond acceptors (Lipinski definition) is 3. The molecule has 1 N–H and O–H groups in total. The normalized spacial score (nSPS) is 22.3. The fourth-order valence-corrected chi connectivity index (χ4v) is 2.04. The van der Waals surface area contributed by atoms with E-state index < -0.39 is 0 Å². The predicted molar refractivity (Wildman–Crippen MR) is 59.7 cm³/mol. The van der Waals surface area contributed by atoms with Crippen molar-refractivity contribution in [3.63, 3.8) is 0 Å². The van der Waals surface area contributed by atoms with Gasteiger partial charge in [0.1, 0.15) is 5.82 Å². The molecule has 0 spiro atoms. The van der Waals surface area contributed by atoms with Gasteiger partial charge in [-0.15, -0.1) is 0 Å². The maximum Gasteiger partial charge on any atom is 0.153 e. The van der Waals surface area contributed by atoms with E-state index in [-0.39, 0.29) is 0 Å². The van der Waals surface area contributed by atoms with Crippen LogP contribution in [0.2, 0.25) is 0 Å². The zero-order chi connectivity index (χ0) is 10.8. The molecule has 1 atom stereocenters. The van der Waals surface area contributed by atoms with Crippen molar-refractivity contribution < 1.29 is 0 Å². The zero-order valence-electron chi connectivity index (χ0n) is 9.82. The van der Waals surface area contributed by atoms with Crippen LogP contribution in [0.25, 0.3) is 0 Å². The average Bonchev–Trinajstić information content (AvgIpc) is 2.62. The molecule has 0 bridgehead atoms. The molecule has 84 valence electrons. The van der Waals surface area contributed by atoms with Crippen LogP contribution in [0.5, 0.6) is 0 Å². The summed E-state index contributed by atoms with van der Waals surface area (Å²) in [5.41, 5.74) is 0. The lowest BCUT2D eigenvalue weighted by Crippen LogP contribution is -2.29. The first kappa shape index (κ1) is 10.6. The molecule has 2 rings (SSSR count). The van der Waals surface area contributed by atoms with E-state index in [1.807, 2.05) is 11.7 Å². The smallest absolute Gasteiger partial charge is 0.153 e. The molecule has 4 heteroatoms. The lowest BCUT2D eigenvalue weighted by Gasteiger charge is -2.22. The fourth-order valence-electron chi connectivity index (χ4n) is 2.04. The lowest BCUT2D eigenvalue weighted by atomic mass is 10.0. The van der Waals surface area contributed by atoms with Crippen molar-refractivity contribution in [1.82, 2.24) is 20.1 Å². The summed E-state index contributed by atoms with van der Waals surface area (Å²) < 4.78 is 1.93. The Hall–Kier alpha value is -0.900. The predicted octanol–water partition coefficient (Wildman–Crippen LogP) is 1.75. The van der Waals surface area contributed by atoms with Crippen molar-refractivity contribution in [3.05, 3.63) is 11.6 Å². The molecule has 1 fully saturated rings. The standard InChI is InChI=1S/C11H20N4/c1-8(2)10-13-11(15(3)14-10)9-6-4-5-7-12-9/h8-9,12H,4-7H2,1-3H3. The number of aromatic nitrogens is 3. The van der Waals surface area contributed by atoms with Crippen LogP contribution in [0.1, 0.15) is 56.7 Å². The van der Waals surface area contributed by atoms with Crippen molar-refractivity contribution in [2.24, 2.45) is 7.05 Å². The molecule has 0 saturated carbocycles. The molecule has 0 aliphatic carbocycles. The number of piperidine rings is 1. The van der Waals surface area contributed by atoms with Crippen molar-refractivity contribution >= 4 is 0 Å². The van der Waals surface area contributed by atoms with Gasteiger partial charge in [0.05, 0.1) is 6.04 Å². The van der Waals surface area contributed by atoms with Gasteiger partial charge in [-0.25, -0.2) is 4.98 Å². The van der Waals surface area contributed by atoms with Crippen LogP contribution >= 0.6 is 0 Å². The summed E-state index contributed by atoms with van der Waals surface area (Å²) in [5, 5.41) is 7.96. The molecule has 1 aromatic heterocycles. The van der Waals surface area contributed by atoms with Crippen LogP contribution in [0.3, 0.4) is 0 Å². The summed E-state index contributed by atoms with van der Waals surface area (Å²) in [4.78, 5) is 4.62. The van der Waals surface area contributed by atoms with E-state index in [0.717, 1.165) is 18.2 Å². The Morgan fingerprint density at radius 1 is 1.40 bits per heavy atom. The number of aryl methyl sites for hydroxylation is 1. The topological polar surface area (TPSA) is 42.7 Å². The molecule has 1 aromatic rings. The number of hydrogen-bond donors (Lipinski definition) is 1. The maximum absolute atomic E-state index is 4.62. The third kappa shape index (κ3) is 2.20. The van der Waals surface area contributed by atoms with Gasteiger partial charge in [0, 0.05) is 13.0 Å². The minimum Gasteiger partial charge on any atom is -0.307 e. The third-order valence-corrected chi connectivity index (χ3v) is 2.95. The Balaban J connectivity index is 2.19. The summed E-state index contributed by atoms with van der Waals surface area (Å²) >= 11 is 0. The Bertz CT molecular complexity index is 323. The molecular weight excluding hydrogens is 188 g/mol. The Morgan fingerprint density at radius 2 is 2.20 bits per heavy atom. The highest BCUT2D eigenvalue weighted by molar-refractivity contribution is 5.02. The van der Waals surface area contributed by atoms with Crippen molar-refractivity contribution in [1.29, 1.82) is 0 Å². The molecule has 1 aliphatic heterocycles. The summed E-state index contributed by atoms with van der Waals surface area (Å²) in [6, 6.07) is 0.406. The summed E-state index contributed by atoms with van der Waals surface area (Å²) in [6.07, 6.45) is 3.76. The van der Waals surface area contributed by atoms with Crippen LogP contribution in [0.15, 0.2) is 0 Å². The van der Waals surface area contributed by atoms with E-state index in [1.54, 1.807) is 0 Å². The van der Waals surface area contributed by atoms with Crippen molar-refractivity contribution in [2.45, 2.75) is 45.1 Å². The van der Waals surface area contributed by atoms with Crippen LogP contribution in [0, 0.1) is 0 Å². The van der Waals surface area contributed by atoms with Crippen LogP contribution in [-0.4, -0.2) is 21.3 Å². The highest BCUT2D eigenvalue weighted by atomic mass is 15.3. The summed E-state index contributed by atoms with van der Waals surface area (Å²) in [6.45, 7) is 5.37. The van der Waals surface area contributed by atoms with Crippen LogP contribution in [0.4, 0.5) is 0 Å². The van der Waals surface area contributed by atoms with Gasteiger partial charge in [0.15, 0.2) is 5.82 Å². The molecule has 1 saturated heterocycles. The number of nitrogens with one attached hydrogen (secondary N) is 1. The van der Waals surface area contributed by atoms with E-state index in [2.05, 4.69) is 29.2 Å². The molecule has 0 amide bonds. The van der Waals surface area contributed by atoms with Crippen molar-refractivity contribution in [2.75, 3.05) is 6.54 Å². The summed E-state index contributed by atoms with van der Waals surface area (Å²) in [7, 11) is 1.99. The second kappa shape index (κ2) is 4.31. The Labute approximate surface area is 91.1 Å². The zero-order valence-corrected chi connectivity index (χ0v) is 9.82. The SMILES string of the molecule is CC(C)c1nc(C2CCCCN2)n(C)n1. The summed E-state index contributed by atoms with van der Waals surface area (Å²) in [5.74, 6) is 2.46. The monoisotopic (exact) mass is 208 g/mol. The average molecular weight is 208 g/mol. The minimum absolute atomic E-state index is 0.406. The maximum atomic E-state index is 4.62. The van der Waals surface area contributed by atoms with Gasteiger partial charge >= 0.3 is 0 Å². The van der Waals surface area contributed by atoms with Crippen LogP contribution in [-0.2, 0) is 7.05 Å². The highest BCUT2D eigenvalue weighted by Gasteiger charge is 2.21. The molecule has 1 aliphatic rings. The van der Waals surface area contributed by atoms with Gasteiger partial charge in [-0.3, -0.25) is 4.68 Å². The van der Waals surface area contributed by atoms with Gasteiger partial charge in [0.2, 0.25) is 0 Å². The molecule has 1 unspecified atom stereocenters. The van der Waals surface area contributed by atoms with Gasteiger partial charge in [-0.05, 0) is 19.4 Å². The van der Waals surface area contributed by atoms with E-state index in [9.17, 15) is 0 Å². The molecule has 0 radical (unpaired) electrons. The first-order chi connectivity index (χ1) is 7.18. The fraction of sp³-hybridized carbons (Fsp3) is 0.818. The third-order valence-electron chi connectivity index (χ3n) is 2.95. The first-order valence-electron chi connectivity index (χ1n) is 5.82. The molecule has 4 nitrogen and oxygen atoms in total. The van der Waals surface area contributed by atoms with Gasteiger partial charge in [-0.2, -0.15) is 5.10 Å². The molecule has 2 heterocycles. The quantitative estimate of drug-likeness (QED) is 0.805. The van der Waals surface area contributed by atoms with Gasteiger partial charge < -0.3 is 5.32 Å². The minimum atomic E-state index is 0.406. The van der Waals surface area contributed by atoms with E-state index >= 15 is 0 Å². The van der Waals surface area contributed by atoms with Gasteiger partial charge in [0.25, 0.3) is 0 Å². The van der Waals surface area contributed by atoms with E-state index in [4.69, 9.17) is 0 Å². The highest BCUT2D eigenvalue weighted by Crippen LogP contribution is 2.22. The largest absolute Gasteiger partial charge is 0.307 e. The molecule has 15 heavy (non-hydrogen) atoms. The first-order valence-corrected chi connectivity index (χ1v) is 5.82. The lowest BCUT2D eigenvalue weighted by molar-refractivity contribution is 0.386. The second-order valence-corrected chi connectivity index (χ2v) is 4.61. The Kier molecular flexibility index (Phi) is 3.05. The van der Waals surface area contributed by atoms with E-state index in [0.29, 0.717) is 12.0 Å². The van der Waals surface area contributed by atoms with E-state index in [1.165, 1.54) is 19.3 Å². The molecule has 0 aromatic carbocycles. The van der Waals surface area contributed by atoms with Crippen LogP contribution < -0.4 is 5.32 Å². The number of rotatable bonds is 2. The number of nitrogens with zero attached hydrogens (tertiary/aromatic N) is 3. The Morgan fingerprint density at radius 3 is 2.73 bits per heavy atom. The van der Waals surface area contributed by atoms with Crippen molar-refractivity contribution in [3.8, 4) is 0 Å².